The third-order valence-corrected chi connectivity index (χ3v) is 5.85. The average Bonchev–Trinajstić information content (AvgIpc) is 3.50. The first-order valence-electron chi connectivity index (χ1n) is 11.0. The molecule has 4 aromatic rings. The number of benzene rings is 3. The first-order chi connectivity index (χ1) is 17.2. The Labute approximate surface area is 202 Å². The van der Waals surface area contributed by atoms with Crippen LogP contribution in [0.3, 0.4) is 0 Å². The average molecular weight is 460 g/mol. The molecule has 1 aliphatic rings. The van der Waals surface area contributed by atoms with Crippen molar-refractivity contribution in [1.29, 1.82) is 10.5 Å². The SMILES string of the molecule is N#C/C(=C\c1cn(Cc2ccccc2C#N)c2ccccc12)C(=O)NCc1ccc2c(c1)OCO2. The number of hydrogen-bond acceptors (Lipinski definition) is 5. The van der Waals surface area contributed by atoms with Crippen LogP contribution in [0.4, 0.5) is 0 Å². The predicted molar refractivity (Wildman–Crippen MR) is 130 cm³/mol. The van der Waals surface area contributed by atoms with Crippen molar-refractivity contribution in [3.8, 4) is 23.6 Å². The number of nitrogens with zero attached hydrogens (tertiary/aromatic N) is 3. The van der Waals surface area contributed by atoms with Crippen LogP contribution in [0.1, 0.15) is 22.3 Å². The Kier molecular flexibility index (Phi) is 5.90. The molecule has 0 fully saturated rings. The molecule has 0 saturated carbocycles. The highest BCUT2D eigenvalue weighted by Crippen LogP contribution is 2.32. The fourth-order valence-electron chi connectivity index (χ4n) is 4.10. The van der Waals surface area contributed by atoms with E-state index in [4.69, 9.17) is 9.47 Å². The van der Waals surface area contributed by atoms with Crippen molar-refractivity contribution in [3.05, 3.63) is 101 Å². The zero-order valence-corrected chi connectivity index (χ0v) is 18.7. The van der Waals surface area contributed by atoms with Crippen LogP contribution in [0.2, 0.25) is 0 Å². The molecule has 0 aliphatic carbocycles. The summed E-state index contributed by atoms with van der Waals surface area (Å²) in [5.74, 6) is 0.849. The second-order valence-electron chi connectivity index (χ2n) is 8.04. The van der Waals surface area contributed by atoms with E-state index in [1.807, 2.05) is 71.4 Å². The number of ether oxygens (including phenoxy) is 2. The Hall–Kier alpha value is -5.01. The van der Waals surface area contributed by atoms with E-state index in [9.17, 15) is 15.3 Å². The number of fused-ring (bicyclic) bond motifs is 2. The Morgan fingerprint density at radius 1 is 1.03 bits per heavy atom. The number of nitriles is 2. The molecule has 1 aliphatic heterocycles. The van der Waals surface area contributed by atoms with Crippen LogP contribution in [0.15, 0.2) is 78.5 Å². The van der Waals surface area contributed by atoms with Gasteiger partial charge in [0.05, 0.1) is 11.6 Å². The number of rotatable bonds is 6. The standard InChI is InChI=1S/C28H20N4O3/c29-13-20-5-1-2-6-21(20)16-32-17-23(24-7-3-4-8-25(24)32)12-22(14-30)28(33)31-15-19-9-10-26-27(11-19)35-18-34-26/h1-12,17H,15-16,18H2,(H,31,33)/b22-12+. The van der Waals surface area contributed by atoms with E-state index in [-0.39, 0.29) is 18.9 Å². The number of aromatic nitrogens is 1. The van der Waals surface area contributed by atoms with Gasteiger partial charge in [0.25, 0.3) is 5.91 Å². The lowest BCUT2D eigenvalue weighted by Gasteiger charge is -2.07. The Morgan fingerprint density at radius 2 is 1.83 bits per heavy atom. The molecule has 0 saturated heterocycles. The van der Waals surface area contributed by atoms with E-state index in [0.29, 0.717) is 23.6 Å². The lowest BCUT2D eigenvalue weighted by atomic mass is 10.1. The highest BCUT2D eigenvalue weighted by molar-refractivity contribution is 6.04. The quantitative estimate of drug-likeness (QED) is 0.337. The smallest absolute Gasteiger partial charge is 0.262 e. The summed E-state index contributed by atoms with van der Waals surface area (Å²) < 4.78 is 12.7. The van der Waals surface area contributed by atoms with Gasteiger partial charge in [0, 0.05) is 35.8 Å². The molecular formula is C28H20N4O3. The molecule has 2 heterocycles. The monoisotopic (exact) mass is 460 g/mol. The number of carbonyl (C=O) groups is 1. The van der Waals surface area contributed by atoms with E-state index in [1.54, 1.807) is 18.2 Å². The molecular weight excluding hydrogens is 440 g/mol. The number of amides is 1. The summed E-state index contributed by atoms with van der Waals surface area (Å²) in [5, 5.41) is 22.9. The largest absolute Gasteiger partial charge is 0.454 e. The number of para-hydroxylation sites is 1. The molecule has 0 radical (unpaired) electrons. The maximum absolute atomic E-state index is 12.8. The fourth-order valence-corrected chi connectivity index (χ4v) is 4.10. The highest BCUT2D eigenvalue weighted by Gasteiger charge is 2.16. The summed E-state index contributed by atoms with van der Waals surface area (Å²) in [6.07, 6.45) is 3.51. The third kappa shape index (κ3) is 4.44. The van der Waals surface area contributed by atoms with Crippen LogP contribution in [-0.4, -0.2) is 17.3 Å². The molecule has 3 aromatic carbocycles. The molecule has 35 heavy (non-hydrogen) atoms. The highest BCUT2D eigenvalue weighted by atomic mass is 16.7. The van der Waals surface area contributed by atoms with Crippen LogP contribution in [0.25, 0.3) is 17.0 Å². The lowest BCUT2D eigenvalue weighted by molar-refractivity contribution is -0.117. The molecule has 0 unspecified atom stereocenters. The van der Waals surface area contributed by atoms with Crippen LogP contribution in [0.5, 0.6) is 11.5 Å². The van der Waals surface area contributed by atoms with Crippen molar-refractivity contribution >= 4 is 22.9 Å². The number of hydrogen-bond donors (Lipinski definition) is 1. The van der Waals surface area contributed by atoms with Gasteiger partial charge in [0.2, 0.25) is 6.79 Å². The van der Waals surface area contributed by atoms with Gasteiger partial charge in [-0.25, -0.2) is 0 Å². The first-order valence-corrected chi connectivity index (χ1v) is 11.0. The zero-order chi connectivity index (χ0) is 24.2. The van der Waals surface area contributed by atoms with Gasteiger partial charge in [0.15, 0.2) is 11.5 Å². The normalized spacial score (nSPS) is 12.2. The molecule has 0 spiro atoms. The van der Waals surface area contributed by atoms with E-state index in [0.717, 1.165) is 27.6 Å². The minimum Gasteiger partial charge on any atom is -0.454 e. The molecule has 0 atom stereocenters. The molecule has 0 bridgehead atoms. The Morgan fingerprint density at radius 3 is 2.69 bits per heavy atom. The molecule has 7 heteroatoms. The van der Waals surface area contributed by atoms with Gasteiger partial charge in [-0.3, -0.25) is 4.79 Å². The maximum Gasteiger partial charge on any atom is 0.262 e. The van der Waals surface area contributed by atoms with Crippen LogP contribution in [-0.2, 0) is 17.9 Å². The Balaban J connectivity index is 1.40. The summed E-state index contributed by atoms with van der Waals surface area (Å²) in [7, 11) is 0. The van der Waals surface area contributed by atoms with Crippen molar-refractivity contribution in [1.82, 2.24) is 9.88 Å². The maximum atomic E-state index is 12.8. The topological polar surface area (TPSA) is 100 Å². The molecule has 7 nitrogen and oxygen atoms in total. The van der Waals surface area contributed by atoms with Crippen molar-refractivity contribution in [2.75, 3.05) is 6.79 Å². The van der Waals surface area contributed by atoms with Gasteiger partial charge >= 0.3 is 0 Å². The van der Waals surface area contributed by atoms with Gasteiger partial charge in [0.1, 0.15) is 11.6 Å². The minimum absolute atomic E-state index is 0.00562. The van der Waals surface area contributed by atoms with Crippen molar-refractivity contribution in [2.24, 2.45) is 0 Å². The van der Waals surface area contributed by atoms with E-state index in [1.165, 1.54) is 0 Å². The molecule has 170 valence electrons. The number of carbonyl (C=O) groups excluding carboxylic acids is 1. The van der Waals surface area contributed by atoms with E-state index < -0.39 is 5.91 Å². The fraction of sp³-hybridized carbons (Fsp3) is 0.107. The van der Waals surface area contributed by atoms with Crippen molar-refractivity contribution < 1.29 is 14.3 Å². The predicted octanol–water partition coefficient (Wildman–Crippen LogP) is 4.51. The second kappa shape index (κ2) is 9.46. The summed E-state index contributed by atoms with van der Waals surface area (Å²) in [4.78, 5) is 12.8. The lowest BCUT2D eigenvalue weighted by Crippen LogP contribution is -2.23. The minimum atomic E-state index is -0.461. The van der Waals surface area contributed by atoms with Gasteiger partial charge in [-0.1, -0.05) is 42.5 Å². The van der Waals surface area contributed by atoms with Gasteiger partial charge in [-0.15, -0.1) is 0 Å². The molecule has 1 amide bonds. The summed E-state index contributed by atoms with van der Waals surface area (Å²) >= 11 is 0. The Bertz CT molecular complexity index is 1550. The third-order valence-electron chi connectivity index (χ3n) is 5.85. The molecule has 5 rings (SSSR count). The van der Waals surface area contributed by atoms with Crippen molar-refractivity contribution in [3.63, 3.8) is 0 Å². The number of nitrogens with one attached hydrogen (secondary N) is 1. The molecule has 1 aromatic heterocycles. The second-order valence-corrected chi connectivity index (χ2v) is 8.04. The van der Waals surface area contributed by atoms with Crippen LogP contribution >= 0.6 is 0 Å². The summed E-state index contributed by atoms with van der Waals surface area (Å²) in [6, 6.07) is 24.9. The summed E-state index contributed by atoms with van der Waals surface area (Å²) in [6.45, 7) is 0.930. The van der Waals surface area contributed by atoms with E-state index in [2.05, 4.69) is 11.4 Å². The van der Waals surface area contributed by atoms with E-state index >= 15 is 0 Å². The molecule has 1 N–H and O–H groups in total. The van der Waals surface area contributed by atoms with Crippen molar-refractivity contribution in [2.45, 2.75) is 13.1 Å². The van der Waals surface area contributed by atoms with Crippen LogP contribution < -0.4 is 14.8 Å². The zero-order valence-electron chi connectivity index (χ0n) is 18.7. The van der Waals surface area contributed by atoms with Gasteiger partial charge in [-0.2, -0.15) is 10.5 Å². The van der Waals surface area contributed by atoms with Gasteiger partial charge < -0.3 is 19.4 Å². The summed E-state index contributed by atoms with van der Waals surface area (Å²) in [5.41, 5.74) is 4.06. The van der Waals surface area contributed by atoms with Gasteiger partial charge in [-0.05, 0) is 41.5 Å². The first kappa shape index (κ1) is 21.8. The van der Waals surface area contributed by atoms with Crippen LogP contribution in [0, 0.1) is 22.7 Å².